The number of cyclic esters (lactones) is 1. The van der Waals surface area contributed by atoms with Crippen molar-refractivity contribution < 1.29 is 14.6 Å². The number of rotatable bonds is 3. The zero-order valence-corrected chi connectivity index (χ0v) is 9.71. The lowest BCUT2D eigenvalue weighted by Gasteiger charge is -2.27. The summed E-state index contributed by atoms with van der Waals surface area (Å²) in [4.78, 5) is 13.4. The third kappa shape index (κ3) is 2.97. The molecule has 1 aromatic carbocycles. The maximum Gasteiger partial charge on any atom is 0.410 e. The molecule has 1 N–H and O–H groups in total. The van der Waals surface area contributed by atoms with E-state index in [1.807, 2.05) is 30.3 Å². The molecule has 0 radical (unpaired) electrons. The second kappa shape index (κ2) is 5.68. The molecule has 1 aliphatic heterocycles. The molecular weight excluding hydrogens is 218 g/mol. The van der Waals surface area contributed by atoms with Crippen LogP contribution in [0.5, 0.6) is 0 Å². The van der Waals surface area contributed by atoms with Gasteiger partial charge in [-0.3, -0.25) is 4.90 Å². The van der Waals surface area contributed by atoms with Crippen LogP contribution in [0.3, 0.4) is 0 Å². The number of aliphatic hydroxyl groups excluding tert-OH is 1. The van der Waals surface area contributed by atoms with Crippen LogP contribution in [0.2, 0.25) is 0 Å². The van der Waals surface area contributed by atoms with Gasteiger partial charge in [0.15, 0.2) is 0 Å². The lowest BCUT2D eigenvalue weighted by molar-refractivity contribution is 0.0842. The molecule has 1 saturated heterocycles. The van der Waals surface area contributed by atoms with Gasteiger partial charge in [-0.2, -0.15) is 0 Å². The Bertz CT molecular complexity index is 366. The second-order valence-corrected chi connectivity index (χ2v) is 4.21. The highest BCUT2D eigenvalue weighted by Gasteiger charge is 2.27. The highest BCUT2D eigenvalue weighted by atomic mass is 16.6. The Kier molecular flexibility index (Phi) is 3.98. The van der Waals surface area contributed by atoms with Crippen LogP contribution in [0.15, 0.2) is 30.3 Å². The molecule has 0 spiro atoms. The van der Waals surface area contributed by atoms with E-state index in [2.05, 4.69) is 0 Å². The molecule has 4 heteroatoms. The fourth-order valence-corrected chi connectivity index (χ4v) is 2.03. The summed E-state index contributed by atoms with van der Waals surface area (Å²) in [7, 11) is 0. The minimum absolute atomic E-state index is 0.0120. The number of benzene rings is 1. The Balaban J connectivity index is 2.11. The third-order valence-electron chi connectivity index (χ3n) is 2.99. The van der Waals surface area contributed by atoms with E-state index >= 15 is 0 Å². The lowest BCUT2D eigenvalue weighted by Crippen LogP contribution is -2.40. The number of ether oxygens (including phenoxy) is 1. The molecule has 1 aromatic rings. The fraction of sp³-hybridized carbons (Fsp3) is 0.462. The van der Waals surface area contributed by atoms with Gasteiger partial charge < -0.3 is 9.84 Å². The van der Waals surface area contributed by atoms with E-state index in [1.54, 1.807) is 4.90 Å². The predicted molar refractivity (Wildman–Crippen MR) is 63.4 cm³/mol. The zero-order chi connectivity index (χ0) is 12.1. The van der Waals surface area contributed by atoms with Gasteiger partial charge in [0.25, 0.3) is 0 Å². The highest BCUT2D eigenvalue weighted by molar-refractivity contribution is 5.68. The molecule has 17 heavy (non-hydrogen) atoms. The molecule has 1 fully saturated rings. The summed E-state index contributed by atoms with van der Waals surface area (Å²) in [5.41, 5.74) is 1.05. The van der Waals surface area contributed by atoms with E-state index < -0.39 is 0 Å². The molecular formula is C13H17NO3. The number of hydrogen-bond donors (Lipinski definition) is 1. The Morgan fingerprint density at radius 2 is 2.12 bits per heavy atom. The van der Waals surface area contributed by atoms with Gasteiger partial charge in [-0.1, -0.05) is 30.3 Å². The van der Waals surface area contributed by atoms with Gasteiger partial charge in [0, 0.05) is 6.54 Å². The van der Waals surface area contributed by atoms with Gasteiger partial charge in [0.05, 0.1) is 19.3 Å². The molecule has 4 nitrogen and oxygen atoms in total. The topological polar surface area (TPSA) is 49.8 Å². The van der Waals surface area contributed by atoms with E-state index in [0.717, 1.165) is 18.4 Å². The zero-order valence-electron chi connectivity index (χ0n) is 9.71. The molecule has 0 saturated carbocycles. The van der Waals surface area contributed by atoms with E-state index in [0.29, 0.717) is 13.2 Å². The van der Waals surface area contributed by atoms with Crippen molar-refractivity contribution in [3.8, 4) is 0 Å². The summed E-state index contributed by atoms with van der Waals surface area (Å²) >= 11 is 0. The Morgan fingerprint density at radius 3 is 2.82 bits per heavy atom. The average Bonchev–Trinajstić information content (AvgIpc) is 2.54. The smallest absolute Gasteiger partial charge is 0.410 e. The monoisotopic (exact) mass is 235 g/mol. The van der Waals surface area contributed by atoms with Gasteiger partial charge in [-0.15, -0.1) is 0 Å². The number of amides is 1. The van der Waals surface area contributed by atoms with E-state index in [-0.39, 0.29) is 18.7 Å². The van der Waals surface area contributed by atoms with Gasteiger partial charge >= 0.3 is 6.09 Å². The molecule has 1 unspecified atom stereocenters. The molecule has 1 amide bonds. The minimum atomic E-state index is -0.328. The molecule has 1 atom stereocenters. The van der Waals surface area contributed by atoms with Crippen molar-refractivity contribution in [3.63, 3.8) is 0 Å². The Labute approximate surface area is 101 Å². The molecule has 0 bridgehead atoms. The standard InChI is InChI=1S/C13H17NO3/c15-10-12-7-4-8-17-13(16)14(12)9-11-5-2-1-3-6-11/h1-3,5-6,12,15H,4,7-10H2. The number of aliphatic hydroxyl groups is 1. The first kappa shape index (κ1) is 11.9. The van der Waals surface area contributed by atoms with Gasteiger partial charge in [0.1, 0.15) is 0 Å². The lowest BCUT2D eigenvalue weighted by atomic mass is 10.1. The molecule has 0 aliphatic carbocycles. The minimum Gasteiger partial charge on any atom is -0.449 e. The number of hydrogen-bond acceptors (Lipinski definition) is 3. The first-order valence-electron chi connectivity index (χ1n) is 5.89. The summed E-state index contributed by atoms with van der Waals surface area (Å²) in [5.74, 6) is 0. The average molecular weight is 235 g/mol. The van der Waals surface area contributed by atoms with E-state index in [9.17, 15) is 9.90 Å². The van der Waals surface area contributed by atoms with Crippen LogP contribution in [-0.4, -0.2) is 35.4 Å². The quantitative estimate of drug-likeness (QED) is 0.868. The van der Waals surface area contributed by atoms with Crippen LogP contribution in [0.25, 0.3) is 0 Å². The second-order valence-electron chi connectivity index (χ2n) is 4.21. The van der Waals surface area contributed by atoms with Crippen LogP contribution in [-0.2, 0) is 11.3 Å². The van der Waals surface area contributed by atoms with Gasteiger partial charge in [-0.05, 0) is 18.4 Å². The predicted octanol–water partition coefficient (Wildman–Crippen LogP) is 1.78. The third-order valence-corrected chi connectivity index (χ3v) is 2.99. The van der Waals surface area contributed by atoms with E-state index in [4.69, 9.17) is 4.74 Å². The Hall–Kier alpha value is -1.55. The van der Waals surface area contributed by atoms with Crippen molar-refractivity contribution in [1.82, 2.24) is 4.90 Å². The first-order valence-corrected chi connectivity index (χ1v) is 5.89. The van der Waals surface area contributed by atoms with Crippen LogP contribution >= 0.6 is 0 Å². The molecule has 1 aliphatic rings. The molecule has 1 heterocycles. The SMILES string of the molecule is O=C1OCCCC(CO)N1Cc1ccccc1. The summed E-state index contributed by atoms with van der Waals surface area (Å²) in [6.07, 6.45) is 1.27. The van der Waals surface area contributed by atoms with Crippen LogP contribution in [0.1, 0.15) is 18.4 Å². The van der Waals surface area contributed by atoms with Crippen molar-refractivity contribution in [2.45, 2.75) is 25.4 Å². The van der Waals surface area contributed by atoms with Crippen LogP contribution < -0.4 is 0 Å². The molecule has 2 rings (SSSR count). The van der Waals surface area contributed by atoms with Crippen molar-refractivity contribution >= 4 is 6.09 Å². The van der Waals surface area contributed by atoms with Crippen molar-refractivity contribution in [1.29, 1.82) is 0 Å². The van der Waals surface area contributed by atoms with E-state index in [1.165, 1.54) is 0 Å². The summed E-state index contributed by atoms with van der Waals surface area (Å²) in [6.45, 7) is 0.924. The number of carbonyl (C=O) groups excluding carboxylic acids is 1. The van der Waals surface area contributed by atoms with Crippen molar-refractivity contribution in [2.24, 2.45) is 0 Å². The maximum absolute atomic E-state index is 11.8. The van der Waals surface area contributed by atoms with Crippen molar-refractivity contribution in [3.05, 3.63) is 35.9 Å². The fourth-order valence-electron chi connectivity index (χ4n) is 2.03. The van der Waals surface area contributed by atoms with Crippen LogP contribution in [0.4, 0.5) is 4.79 Å². The van der Waals surface area contributed by atoms with Crippen LogP contribution in [0, 0.1) is 0 Å². The molecule has 92 valence electrons. The normalized spacial score (nSPS) is 20.9. The van der Waals surface area contributed by atoms with Gasteiger partial charge in [0.2, 0.25) is 0 Å². The largest absolute Gasteiger partial charge is 0.449 e. The molecule has 0 aromatic heterocycles. The summed E-state index contributed by atoms with van der Waals surface area (Å²) < 4.78 is 5.10. The van der Waals surface area contributed by atoms with Crippen molar-refractivity contribution in [2.75, 3.05) is 13.2 Å². The summed E-state index contributed by atoms with van der Waals surface area (Å²) in [6, 6.07) is 9.61. The maximum atomic E-state index is 11.8. The number of carbonyl (C=O) groups is 1. The van der Waals surface area contributed by atoms with Gasteiger partial charge in [-0.25, -0.2) is 4.79 Å². The highest BCUT2D eigenvalue weighted by Crippen LogP contribution is 2.17. The Morgan fingerprint density at radius 1 is 1.35 bits per heavy atom. The first-order chi connectivity index (χ1) is 8.31. The summed E-state index contributed by atoms with van der Waals surface area (Å²) in [5, 5.41) is 9.33. The number of nitrogens with zero attached hydrogens (tertiary/aromatic N) is 1.